The first kappa shape index (κ1) is 13.3. The molecule has 0 saturated carbocycles. The van der Waals surface area contributed by atoms with Crippen molar-refractivity contribution in [1.82, 2.24) is 9.88 Å². The molecular weight excluding hydrogens is 228 g/mol. The van der Waals surface area contributed by atoms with Crippen LogP contribution < -0.4 is 4.74 Å². The van der Waals surface area contributed by atoms with Crippen molar-refractivity contribution in [2.75, 3.05) is 20.2 Å². The topological polar surface area (TPSA) is 45.6 Å². The van der Waals surface area contributed by atoms with Crippen LogP contribution in [0.2, 0.25) is 0 Å². The zero-order valence-corrected chi connectivity index (χ0v) is 11.4. The van der Waals surface area contributed by atoms with Gasteiger partial charge in [-0.2, -0.15) is 0 Å². The Morgan fingerprint density at radius 2 is 2.06 bits per heavy atom. The molecule has 0 radical (unpaired) electrons. The second-order valence-electron chi connectivity index (χ2n) is 5.34. The van der Waals surface area contributed by atoms with E-state index in [0.29, 0.717) is 11.4 Å². The van der Waals surface area contributed by atoms with Crippen molar-refractivity contribution in [1.29, 1.82) is 0 Å². The first-order valence-corrected chi connectivity index (χ1v) is 6.49. The summed E-state index contributed by atoms with van der Waals surface area (Å²) in [6, 6.07) is 3.66. The Bertz CT molecular complexity index is 401. The Morgan fingerprint density at radius 1 is 1.39 bits per heavy atom. The van der Waals surface area contributed by atoms with Crippen LogP contribution in [0.25, 0.3) is 0 Å². The number of aromatic nitrogens is 1. The lowest BCUT2D eigenvalue weighted by molar-refractivity contribution is -0.00253. The van der Waals surface area contributed by atoms with Crippen LogP contribution in [0.5, 0.6) is 5.75 Å². The fourth-order valence-electron chi connectivity index (χ4n) is 2.58. The largest absolute Gasteiger partial charge is 0.495 e. The van der Waals surface area contributed by atoms with Crippen LogP contribution in [0.3, 0.4) is 0 Å². The van der Waals surface area contributed by atoms with E-state index in [0.717, 1.165) is 13.1 Å². The van der Waals surface area contributed by atoms with E-state index in [-0.39, 0.29) is 5.54 Å². The SMILES string of the molecule is COc1cccnc1C(O)C(C)(C)N1CCCC1. The number of likely N-dealkylation sites (tertiary alicyclic amines) is 1. The molecule has 0 spiro atoms. The van der Waals surface area contributed by atoms with Crippen LogP contribution in [-0.2, 0) is 0 Å². The normalized spacial score (nSPS) is 18.9. The standard InChI is InChI=1S/C14H22N2O2/c1-14(2,16-9-4-5-10-16)13(17)12-11(18-3)7-6-8-15-12/h6-8,13,17H,4-5,9-10H2,1-3H3. The lowest BCUT2D eigenvalue weighted by Gasteiger charge is -2.39. The van der Waals surface area contributed by atoms with Gasteiger partial charge in [0.15, 0.2) is 0 Å². The summed E-state index contributed by atoms with van der Waals surface area (Å²) in [5, 5.41) is 10.6. The predicted octanol–water partition coefficient (Wildman–Crippen LogP) is 2.00. The molecule has 1 aliphatic rings. The van der Waals surface area contributed by atoms with E-state index in [4.69, 9.17) is 4.74 Å². The average molecular weight is 250 g/mol. The fourth-order valence-corrected chi connectivity index (χ4v) is 2.58. The summed E-state index contributed by atoms with van der Waals surface area (Å²) < 4.78 is 5.28. The highest BCUT2D eigenvalue weighted by atomic mass is 16.5. The van der Waals surface area contributed by atoms with Gasteiger partial charge in [0.05, 0.1) is 7.11 Å². The molecule has 18 heavy (non-hydrogen) atoms. The number of hydrogen-bond acceptors (Lipinski definition) is 4. The number of pyridine rings is 1. The predicted molar refractivity (Wildman–Crippen MR) is 70.6 cm³/mol. The molecule has 2 heterocycles. The fraction of sp³-hybridized carbons (Fsp3) is 0.643. The number of methoxy groups -OCH3 is 1. The molecule has 1 atom stereocenters. The van der Waals surface area contributed by atoms with Crippen molar-refractivity contribution >= 4 is 0 Å². The van der Waals surface area contributed by atoms with Crippen LogP contribution >= 0.6 is 0 Å². The molecule has 2 rings (SSSR count). The maximum atomic E-state index is 10.6. The van der Waals surface area contributed by atoms with E-state index in [1.54, 1.807) is 13.3 Å². The van der Waals surface area contributed by atoms with E-state index in [1.807, 2.05) is 12.1 Å². The number of rotatable bonds is 4. The molecular formula is C14H22N2O2. The van der Waals surface area contributed by atoms with Gasteiger partial charge in [-0.1, -0.05) is 0 Å². The van der Waals surface area contributed by atoms with Crippen LogP contribution in [0.1, 0.15) is 38.5 Å². The van der Waals surface area contributed by atoms with Crippen LogP contribution in [0.15, 0.2) is 18.3 Å². The molecule has 4 nitrogen and oxygen atoms in total. The van der Waals surface area contributed by atoms with Crippen LogP contribution in [-0.4, -0.2) is 40.7 Å². The van der Waals surface area contributed by atoms with E-state index in [2.05, 4.69) is 23.7 Å². The van der Waals surface area contributed by atoms with Gasteiger partial charge in [0, 0.05) is 11.7 Å². The quantitative estimate of drug-likeness (QED) is 0.887. The summed E-state index contributed by atoms with van der Waals surface area (Å²) in [6.07, 6.45) is 3.46. The molecule has 4 heteroatoms. The van der Waals surface area contributed by atoms with E-state index in [9.17, 15) is 5.11 Å². The highest BCUT2D eigenvalue weighted by molar-refractivity contribution is 5.30. The molecule has 100 valence electrons. The third-order valence-electron chi connectivity index (χ3n) is 3.87. The van der Waals surface area contributed by atoms with Crippen molar-refractivity contribution in [3.8, 4) is 5.75 Å². The summed E-state index contributed by atoms with van der Waals surface area (Å²) >= 11 is 0. The molecule has 1 fully saturated rings. The maximum absolute atomic E-state index is 10.6. The number of nitrogens with zero attached hydrogens (tertiary/aromatic N) is 2. The number of aliphatic hydroxyl groups excluding tert-OH is 1. The van der Waals surface area contributed by atoms with Gasteiger partial charge in [0.1, 0.15) is 17.5 Å². The Morgan fingerprint density at radius 3 is 2.67 bits per heavy atom. The smallest absolute Gasteiger partial charge is 0.143 e. The van der Waals surface area contributed by atoms with Crippen molar-refractivity contribution < 1.29 is 9.84 Å². The molecule has 0 aliphatic carbocycles. The number of aliphatic hydroxyl groups is 1. The van der Waals surface area contributed by atoms with Crippen molar-refractivity contribution in [3.05, 3.63) is 24.0 Å². The van der Waals surface area contributed by atoms with Crippen molar-refractivity contribution in [2.24, 2.45) is 0 Å². The minimum Gasteiger partial charge on any atom is -0.495 e. The van der Waals surface area contributed by atoms with Crippen molar-refractivity contribution in [3.63, 3.8) is 0 Å². The molecule has 0 aromatic carbocycles. The Labute approximate surface area is 109 Å². The maximum Gasteiger partial charge on any atom is 0.143 e. The first-order chi connectivity index (χ1) is 8.57. The summed E-state index contributed by atoms with van der Waals surface area (Å²) in [7, 11) is 1.61. The zero-order valence-electron chi connectivity index (χ0n) is 11.4. The number of ether oxygens (including phenoxy) is 1. The van der Waals surface area contributed by atoms with Gasteiger partial charge >= 0.3 is 0 Å². The first-order valence-electron chi connectivity index (χ1n) is 6.49. The molecule has 1 aliphatic heterocycles. The summed E-state index contributed by atoms with van der Waals surface area (Å²) in [5.74, 6) is 0.650. The molecule has 1 unspecified atom stereocenters. The van der Waals surface area contributed by atoms with E-state index in [1.165, 1.54) is 12.8 Å². The van der Waals surface area contributed by atoms with Gasteiger partial charge in [-0.05, 0) is 51.9 Å². The van der Waals surface area contributed by atoms with Gasteiger partial charge in [-0.3, -0.25) is 9.88 Å². The Balaban J connectivity index is 2.26. The lowest BCUT2D eigenvalue weighted by atomic mass is 9.92. The average Bonchev–Trinajstić information content (AvgIpc) is 2.92. The molecule has 1 aromatic heterocycles. The molecule has 1 aromatic rings. The minimum atomic E-state index is -0.647. The second kappa shape index (κ2) is 5.24. The van der Waals surface area contributed by atoms with Crippen molar-refractivity contribution in [2.45, 2.75) is 38.3 Å². The minimum absolute atomic E-state index is 0.321. The summed E-state index contributed by atoms with van der Waals surface area (Å²) in [4.78, 5) is 6.61. The zero-order chi connectivity index (χ0) is 13.2. The molecule has 0 amide bonds. The lowest BCUT2D eigenvalue weighted by Crippen LogP contribution is -2.47. The van der Waals surface area contributed by atoms with Crippen LogP contribution in [0, 0.1) is 0 Å². The Hall–Kier alpha value is -1.13. The van der Waals surface area contributed by atoms with Gasteiger partial charge in [-0.15, -0.1) is 0 Å². The Kier molecular flexibility index (Phi) is 3.88. The van der Waals surface area contributed by atoms with Crippen LogP contribution in [0.4, 0.5) is 0 Å². The van der Waals surface area contributed by atoms with E-state index >= 15 is 0 Å². The van der Waals surface area contributed by atoms with E-state index < -0.39 is 6.10 Å². The summed E-state index contributed by atoms with van der Waals surface area (Å²) in [6.45, 7) is 6.21. The molecule has 0 bridgehead atoms. The molecule has 1 N–H and O–H groups in total. The van der Waals surface area contributed by atoms with Gasteiger partial charge in [0.25, 0.3) is 0 Å². The summed E-state index contributed by atoms with van der Waals surface area (Å²) in [5.41, 5.74) is 0.301. The third kappa shape index (κ3) is 2.35. The third-order valence-corrected chi connectivity index (χ3v) is 3.87. The van der Waals surface area contributed by atoms with Gasteiger partial charge in [0.2, 0.25) is 0 Å². The second-order valence-corrected chi connectivity index (χ2v) is 5.34. The highest BCUT2D eigenvalue weighted by Gasteiger charge is 2.38. The van der Waals surface area contributed by atoms with Gasteiger partial charge < -0.3 is 9.84 Å². The monoisotopic (exact) mass is 250 g/mol. The number of hydrogen-bond donors (Lipinski definition) is 1. The van der Waals surface area contributed by atoms with Gasteiger partial charge in [-0.25, -0.2) is 0 Å². The highest BCUT2D eigenvalue weighted by Crippen LogP contribution is 2.35. The molecule has 1 saturated heterocycles.